The highest BCUT2D eigenvalue weighted by molar-refractivity contribution is 5.92. The minimum absolute atomic E-state index is 0.0275. The molecule has 0 aliphatic heterocycles. The molecule has 0 atom stereocenters. The van der Waals surface area contributed by atoms with Gasteiger partial charge in [-0.25, -0.2) is 28.0 Å². The highest BCUT2D eigenvalue weighted by atomic mass is 19.4. The van der Waals surface area contributed by atoms with E-state index in [1.807, 2.05) is 0 Å². The lowest BCUT2D eigenvalue weighted by Crippen LogP contribution is -2.22. The third-order valence-electron chi connectivity index (χ3n) is 5.33. The van der Waals surface area contributed by atoms with Crippen molar-refractivity contribution in [1.29, 1.82) is 0 Å². The average Bonchev–Trinajstić information content (AvgIpc) is 2.97. The fourth-order valence-electron chi connectivity index (χ4n) is 3.03. The van der Waals surface area contributed by atoms with E-state index in [0.29, 0.717) is 6.07 Å². The van der Waals surface area contributed by atoms with Gasteiger partial charge < -0.3 is 28.4 Å². The molecule has 45 heavy (non-hydrogen) atoms. The maximum absolute atomic E-state index is 14.5. The molecule has 0 unspecified atom stereocenters. The third-order valence-corrected chi connectivity index (χ3v) is 5.33. The quantitative estimate of drug-likeness (QED) is 0.0786. The number of hydrogen-bond acceptors (Lipinski definition) is 10. The van der Waals surface area contributed by atoms with Gasteiger partial charge in [0.1, 0.15) is 40.2 Å². The van der Waals surface area contributed by atoms with Crippen molar-refractivity contribution in [2.45, 2.75) is 13.1 Å². The van der Waals surface area contributed by atoms with Crippen LogP contribution in [0.15, 0.2) is 85.0 Å². The molecule has 15 heteroatoms. The summed E-state index contributed by atoms with van der Waals surface area (Å²) in [6.07, 6.45) is -4.99. The van der Waals surface area contributed by atoms with E-state index in [0.717, 1.165) is 24.3 Å². The van der Waals surface area contributed by atoms with Crippen LogP contribution in [0.4, 0.5) is 22.0 Å². The van der Waals surface area contributed by atoms with E-state index in [1.54, 1.807) is 0 Å². The molecule has 3 aromatic carbocycles. The first-order valence-electron chi connectivity index (χ1n) is 12.3. The van der Waals surface area contributed by atoms with Gasteiger partial charge in [0, 0.05) is 17.7 Å². The van der Waals surface area contributed by atoms with Crippen LogP contribution in [0.3, 0.4) is 0 Å². The zero-order chi connectivity index (χ0) is 33.3. The lowest BCUT2D eigenvalue weighted by molar-refractivity contribution is -0.156. The number of benzene rings is 3. The van der Waals surface area contributed by atoms with Gasteiger partial charge in [-0.3, -0.25) is 0 Å². The Morgan fingerprint density at radius 2 is 1.02 bits per heavy atom. The van der Waals surface area contributed by atoms with Crippen molar-refractivity contribution in [3.8, 4) is 23.0 Å². The predicted molar refractivity (Wildman–Crippen MR) is 142 cm³/mol. The highest BCUT2D eigenvalue weighted by Crippen LogP contribution is 2.26. The maximum atomic E-state index is 14.5. The summed E-state index contributed by atoms with van der Waals surface area (Å²) < 4.78 is 95.3. The Kier molecular flexibility index (Phi) is 11.0. The van der Waals surface area contributed by atoms with E-state index < -0.39 is 72.0 Å². The molecule has 3 rings (SSSR count). The summed E-state index contributed by atoms with van der Waals surface area (Å²) in [5, 5.41) is 0. The van der Waals surface area contributed by atoms with Crippen LogP contribution in [0, 0.1) is 11.6 Å². The lowest BCUT2D eigenvalue weighted by atomic mass is 10.2. The summed E-state index contributed by atoms with van der Waals surface area (Å²) in [7, 11) is 0. The number of esters is 4. The Morgan fingerprint density at radius 1 is 0.644 bits per heavy atom. The Labute approximate surface area is 251 Å². The number of ether oxygens (including phenoxy) is 6. The molecule has 0 saturated carbocycles. The van der Waals surface area contributed by atoms with Gasteiger partial charge in [-0.15, -0.1) is 0 Å². The van der Waals surface area contributed by atoms with Crippen LogP contribution in [0.25, 0.3) is 0 Å². The van der Waals surface area contributed by atoms with E-state index in [9.17, 15) is 41.1 Å². The molecule has 0 heterocycles. The van der Waals surface area contributed by atoms with E-state index in [4.69, 9.17) is 23.7 Å². The number of carbonyl (C=O) groups excluding carboxylic acids is 4. The van der Waals surface area contributed by atoms with Crippen molar-refractivity contribution in [3.63, 3.8) is 0 Å². The van der Waals surface area contributed by atoms with E-state index in [1.165, 1.54) is 37.3 Å². The largest absolute Gasteiger partial charge is 0.457 e. The van der Waals surface area contributed by atoms with Crippen molar-refractivity contribution < 1.29 is 69.6 Å². The molecule has 10 nitrogen and oxygen atoms in total. The van der Waals surface area contributed by atoms with Crippen molar-refractivity contribution >= 4 is 23.9 Å². The van der Waals surface area contributed by atoms with Crippen LogP contribution in [0.2, 0.25) is 0 Å². The first-order chi connectivity index (χ1) is 21.1. The molecule has 0 N–H and O–H groups in total. The standard InChI is InChI=1S/C30H21F5O10/c1-16(2)26(36)42-14-40-20-8-10-22(24(31)12-20)28(38)44-18-4-6-19(7-5-18)45-29(39)23-11-9-21(13-25(23)32)41-15-43-27(37)17(3)30(33,34)35/h4-13H,1,3,14-15H2,2H3. The fraction of sp³-hybridized carbons (Fsp3) is 0.133. The summed E-state index contributed by atoms with van der Waals surface area (Å²) in [5.74, 6) is -7.25. The van der Waals surface area contributed by atoms with Gasteiger partial charge >= 0.3 is 30.1 Å². The van der Waals surface area contributed by atoms with Crippen LogP contribution in [0.5, 0.6) is 23.0 Å². The fourth-order valence-corrected chi connectivity index (χ4v) is 3.03. The normalized spacial score (nSPS) is 10.7. The molecule has 0 aliphatic rings. The second kappa shape index (κ2) is 14.6. The van der Waals surface area contributed by atoms with Gasteiger partial charge in [0.2, 0.25) is 13.6 Å². The van der Waals surface area contributed by atoms with Gasteiger partial charge in [-0.05, 0) is 55.5 Å². The van der Waals surface area contributed by atoms with Gasteiger partial charge in [-0.2, -0.15) is 13.2 Å². The molecule has 0 aromatic heterocycles. The topological polar surface area (TPSA) is 124 Å². The smallest absolute Gasteiger partial charge is 0.422 e. The first kappa shape index (κ1) is 33.8. The summed E-state index contributed by atoms with van der Waals surface area (Å²) in [4.78, 5) is 47.4. The lowest BCUT2D eigenvalue weighted by Gasteiger charge is -2.11. The molecule has 0 bridgehead atoms. The van der Waals surface area contributed by atoms with Crippen molar-refractivity contribution in [2.24, 2.45) is 0 Å². The van der Waals surface area contributed by atoms with Crippen molar-refractivity contribution in [3.05, 3.63) is 108 Å². The molecule has 0 aliphatic carbocycles. The second-order valence-electron chi connectivity index (χ2n) is 8.68. The molecular weight excluding hydrogens is 615 g/mol. The van der Waals surface area contributed by atoms with Gasteiger partial charge in [0.05, 0.1) is 11.1 Å². The summed E-state index contributed by atoms with van der Waals surface area (Å²) in [6, 6.07) is 10.8. The van der Waals surface area contributed by atoms with Crippen LogP contribution in [-0.4, -0.2) is 43.6 Å². The Bertz CT molecular complexity index is 1630. The zero-order valence-electron chi connectivity index (χ0n) is 23.1. The first-order valence-corrected chi connectivity index (χ1v) is 12.3. The second-order valence-corrected chi connectivity index (χ2v) is 8.68. The molecule has 0 spiro atoms. The van der Waals surface area contributed by atoms with Crippen LogP contribution in [-0.2, 0) is 19.1 Å². The van der Waals surface area contributed by atoms with Gasteiger partial charge in [0.25, 0.3) is 0 Å². The third kappa shape index (κ3) is 9.64. The van der Waals surface area contributed by atoms with Gasteiger partial charge in [0.15, 0.2) is 0 Å². The molecular formula is C30H21F5O10. The molecule has 3 aromatic rings. The number of carbonyl (C=O) groups is 4. The number of alkyl halides is 3. The maximum Gasteiger partial charge on any atom is 0.422 e. The predicted octanol–water partition coefficient (Wildman–Crippen LogP) is 5.86. The Balaban J connectivity index is 1.52. The van der Waals surface area contributed by atoms with E-state index in [2.05, 4.69) is 17.9 Å². The Morgan fingerprint density at radius 3 is 1.38 bits per heavy atom. The molecule has 236 valence electrons. The van der Waals surface area contributed by atoms with Crippen LogP contribution in [0.1, 0.15) is 27.6 Å². The average molecular weight is 636 g/mol. The number of rotatable bonds is 12. The van der Waals surface area contributed by atoms with E-state index in [-0.39, 0.29) is 28.6 Å². The Hall–Kier alpha value is -5.73. The molecule has 0 saturated heterocycles. The van der Waals surface area contributed by atoms with Gasteiger partial charge in [-0.1, -0.05) is 13.2 Å². The van der Waals surface area contributed by atoms with Crippen LogP contribution < -0.4 is 18.9 Å². The summed E-state index contributed by atoms with van der Waals surface area (Å²) in [5.41, 5.74) is -2.59. The molecule has 0 radical (unpaired) electrons. The van der Waals surface area contributed by atoms with Crippen molar-refractivity contribution in [2.75, 3.05) is 13.6 Å². The van der Waals surface area contributed by atoms with Crippen LogP contribution >= 0.6 is 0 Å². The summed E-state index contributed by atoms with van der Waals surface area (Å²) in [6.45, 7) is 5.90. The minimum Gasteiger partial charge on any atom is -0.457 e. The highest BCUT2D eigenvalue weighted by Gasteiger charge is 2.38. The number of halogens is 5. The monoisotopic (exact) mass is 636 g/mol. The minimum atomic E-state index is -4.99. The van der Waals surface area contributed by atoms with E-state index >= 15 is 0 Å². The zero-order valence-corrected chi connectivity index (χ0v) is 23.1. The summed E-state index contributed by atoms with van der Waals surface area (Å²) >= 11 is 0. The SMILES string of the molecule is C=C(C)C(=O)OCOc1ccc(C(=O)Oc2ccc(OC(=O)c3ccc(OCOC(=O)C(=C)C(F)(F)F)cc3F)cc2)c(F)c1. The number of hydrogen-bond donors (Lipinski definition) is 0. The molecule has 0 fully saturated rings. The molecule has 0 amide bonds. The van der Waals surface area contributed by atoms with Crippen molar-refractivity contribution in [1.82, 2.24) is 0 Å².